The van der Waals surface area contributed by atoms with Crippen molar-refractivity contribution >= 4 is 27.3 Å². The van der Waals surface area contributed by atoms with Gasteiger partial charge in [-0.1, -0.05) is 0 Å². The smallest absolute Gasteiger partial charge is 0.309 e. The first-order chi connectivity index (χ1) is 12.4. The topological polar surface area (TPSA) is 109 Å². The number of hydrogen-bond donors (Lipinski definition) is 1. The summed E-state index contributed by atoms with van der Waals surface area (Å²) < 4.78 is 32.3. The molecule has 0 aromatic carbocycles. The van der Waals surface area contributed by atoms with Crippen molar-refractivity contribution in [3.8, 4) is 10.6 Å². The van der Waals surface area contributed by atoms with E-state index in [1.807, 2.05) is 0 Å². The molecule has 1 N–H and O–H groups in total. The van der Waals surface area contributed by atoms with Crippen molar-refractivity contribution in [1.29, 1.82) is 0 Å². The number of H-pyrrole nitrogens is 1. The quantitative estimate of drug-likeness (QED) is 0.765. The Hall–Kier alpha value is -2.04. The van der Waals surface area contributed by atoms with Crippen LogP contribution in [-0.2, 0) is 19.6 Å². The molecular weight excluding hydrogens is 378 g/mol. The Labute approximate surface area is 154 Å². The fourth-order valence-electron chi connectivity index (χ4n) is 2.80. The maximum absolute atomic E-state index is 12.8. The van der Waals surface area contributed by atoms with Crippen molar-refractivity contribution in [3.05, 3.63) is 34.6 Å². The summed E-state index contributed by atoms with van der Waals surface area (Å²) in [6, 6.07) is 6.10. The van der Waals surface area contributed by atoms with Gasteiger partial charge in [0.15, 0.2) is 0 Å². The third-order valence-corrected chi connectivity index (χ3v) is 7.65. The monoisotopic (exact) mass is 397 g/mol. The number of aromatic nitrogens is 2. The van der Waals surface area contributed by atoms with Gasteiger partial charge in [-0.2, -0.15) is 9.40 Å². The SMILES string of the molecule is CCOC(=O)C1CCN(S(=O)(=O)c2ccc(-c3ccc(=O)[nH]n3)s2)CC1. The molecule has 2 aromatic rings. The van der Waals surface area contributed by atoms with Crippen LogP contribution >= 0.6 is 11.3 Å². The molecule has 140 valence electrons. The van der Waals surface area contributed by atoms with E-state index in [9.17, 15) is 18.0 Å². The third-order valence-electron chi connectivity index (χ3n) is 4.18. The minimum Gasteiger partial charge on any atom is -0.466 e. The van der Waals surface area contributed by atoms with Crippen LogP contribution in [-0.4, -0.2) is 48.6 Å². The molecule has 0 unspecified atom stereocenters. The molecule has 1 aliphatic heterocycles. The van der Waals surface area contributed by atoms with E-state index in [1.165, 1.54) is 10.4 Å². The Morgan fingerprint density at radius 3 is 2.65 bits per heavy atom. The van der Waals surface area contributed by atoms with E-state index in [0.717, 1.165) is 11.3 Å². The second-order valence-electron chi connectivity index (χ2n) is 5.86. The Morgan fingerprint density at radius 2 is 2.04 bits per heavy atom. The number of carbonyl (C=O) groups is 1. The average molecular weight is 397 g/mol. The number of piperidine rings is 1. The number of nitrogens with zero attached hydrogens (tertiary/aromatic N) is 2. The van der Waals surface area contributed by atoms with Crippen LogP contribution in [0.3, 0.4) is 0 Å². The van der Waals surface area contributed by atoms with E-state index in [0.29, 0.717) is 30.0 Å². The first kappa shape index (κ1) is 18.7. The molecule has 3 rings (SSSR count). The number of ether oxygens (including phenoxy) is 1. The van der Waals surface area contributed by atoms with Crippen LogP contribution in [0, 0.1) is 5.92 Å². The number of thiophene rings is 1. The maximum atomic E-state index is 12.8. The van der Waals surface area contributed by atoms with Crippen LogP contribution in [0.1, 0.15) is 19.8 Å². The van der Waals surface area contributed by atoms with Gasteiger partial charge in [0.05, 0.1) is 17.4 Å². The Morgan fingerprint density at radius 1 is 1.31 bits per heavy atom. The highest BCUT2D eigenvalue weighted by Crippen LogP contribution is 2.32. The van der Waals surface area contributed by atoms with Gasteiger partial charge in [0.25, 0.3) is 15.6 Å². The summed E-state index contributed by atoms with van der Waals surface area (Å²) in [5.41, 5.74) is 0.194. The van der Waals surface area contributed by atoms with Crippen molar-refractivity contribution in [1.82, 2.24) is 14.5 Å². The summed E-state index contributed by atoms with van der Waals surface area (Å²) in [5, 5.41) is 6.25. The largest absolute Gasteiger partial charge is 0.466 e. The Bertz CT molecular complexity index is 922. The van der Waals surface area contributed by atoms with E-state index in [2.05, 4.69) is 10.2 Å². The van der Waals surface area contributed by atoms with E-state index in [-0.39, 0.29) is 34.7 Å². The molecule has 0 amide bonds. The maximum Gasteiger partial charge on any atom is 0.309 e. The van der Waals surface area contributed by atoms with Crippen LogP contribution < -0.4 is 5.56 Å². The van der Waals surface area contributed by atoms with Crippen molar-refractivity contribution in [2.45, 2.75) is 24.0 Å². The summed E-state index contributed by atoms with van der Waals surface area (Å²) >= 11 is 1.10. The van der Waals surface area contributed by atoms with Gasteiger partial charge in [0.2, 0.25) is 0 Å². The van der Waals surface area contributed by atoms with Gasteiger partial charge in [-0.05, 0) is 38.0 Å². The van der Waals surface area contributed by atoms with Crippen LogP contribution in [0.25, 0.3) is 10.6 Å². The Balaban J connectivity index is 1.72. The fourth-order valence-corrected chi connectivity index (χ4v) is 5.70. The lowest BCUT2D eigenvalue weighted by Crippen LogP contribution is -2.40. The number of esters is 1. The number of aromatic amines is 1. The number of hydrogen-bond acceptors (Lipinski definition) is 7. The second-order valence-corrected chi connectivity index (χ2v) is 9.10. The van der Waals surface area contributed by atoms with Crippen molar-refractivity contribution in [2.24, 2.45) is 5.92 Å². The van der Waals surface area contributed by atoms with Crippen LogP contribution in [0.4, 0.5) is 0 Å². The van der Waals surface area contributed by atoms with Gasteiger partial charge >= 0.3 is 5.97 Å². The first-order valence-electron chi connectivity index (χ1n) is 8.24. The number of rotatable bonds is 5. The molecule has 2 aromatic heterocycles. The highest BCUT2D eigenvalue weighted by atomic mass is 32.2. The molecule has 10 heteroatoms. The summed E-state index contributed by atoms with van der Waals surface area (Å²) in [6.45, 7) is 2.66. The molecule has 0 radical (unpaired) electrons. The van der Waals surface area contributed by atoms with Crippen molar-refractivity contribution in [2.75, 3.05) is 19.7 Å². The highest BCUT2D eigenvalue weighted by Gasteiger charge is 2.33. The van der Waals surface area contributed by atoms with E-state index >= 15 is 0 Å². The van der Waals surface area contributed by atoms with Crippen LogP contribution in [0.2, 0.25) is 0 Å². The van der Waals surface area contributed by atoms with Crippen molar-refractivity contribution in [3.63, 3.8) is 0 Å². The highest BCUT2D eigenvalue weighted by molar-refractivity contribution is 7.91. The molecule has 0 aliphatic carbocycles. The summed E-state index contributed by atoms with van der Waals surface area (Å²) in [7, 11) is -3.62. The van der Waals surface area contributed by atoms with Crippen LogP contribution in [0.5, 0.6) is 0 Å². The first-order valence-corrected chi connectivity index (χ1v) is 10.5. The molecule has 1 aliphatic rings. The lowest BCUT2D eigenvalue weighted by atomic mass is 9.98. The number of sulfonamides is 1. The van der Waals surface area contributed by atoms with Gasteiger partial charge in [0.1, 0.15) is 9.90 Å². The molecule has 0 atom stereocenters. The van der Waals surface area contributed by atoms with E-state index in [4.69, 9.17) is 4.74 Å². The summed E-state index contributed by atoms with van der Waals surface area (Å²) in [5.74, 6) is -0.502. The zero-order valence-corrected chi connectivity index (χ0v) is 15.8. The molecule has 0 saturated carbocycles. The third kappa shape index (κ3) is 3.87. The normalized spacial score (nSPS) is 16.5. The molecule has 1 saturated heterocycles. The second kappa shape index (κ2) is 7.68. The minimum absolute atomic E-state index is 0.218. The van der Waals surface area contributed by atoms with Gasteiger partial charge in [0, 0.05) is 19.2 Å². The fraction of sp³-hybridized carbons (Fsp3) is 0.438. The molecular formula is C16H19N3O5S2. The molecule has 0 spiro atoms. The number of carbonyl (C=O) groups excluding carboxylic acids is 1. The standard InChI is InChI=1S/C16H19N3O5S2/c1-2-24-16(21)11-7-9-19(10-8-11)26(22,23)15-6-4-13(25-15)12-3-5-14(20)18-17-12/h3-6,11H,2,7-10H2,1H3,(H,18,20). The van der Waals surface area contributed by atoms with Crippen molar-refractivity contribution < 1.29 is 17.9 Å². The molecule has 0 bridgehead atoms. The summed E-state index contributed by atoms with van der Waals surface area (Å²) in [4.78, 5) is 23.5. The van der Waals surface area contributed by atoms with Gasteiger partial charge in [-0.15, -0.1) is 11.3 Å². The predicted molar refractivity (Wildman–Crippen MR) is 96.3 cm³/mol. The van der Waals surface area contributed by atoms with Gasteiger partial charge in [-0.3, -0.25) is 9.59 Å². The lowest BCUT2D eigenvalue weighted by Gasteiger charge is -2.29. The molecule has 3 heterocycles. The predicted octanol–water partition coefficient (Wildman–Crippen LogP) is 1.46. The molecule has 8 nitrogen and oxygen atoms in total. The minimum atomic E-state index is -3.62. The molecule has 26 heavy (non-hydrogen) atoms. The average Bonchev–Trinajstić information content (AvgIpc) is 3.13. The zero-order chi connectivity index (χ0) is 18.7. The summed E-state index contributed by atoms with van der Waals surface area (Å²) in [6.07, 6.45) is 0.912. The van der Waals surface area contributed by atoms with E-state index < -0.39 is 10.0 Å². The zero-order valence-electron chi connectivity index (χ0n) is 14.2. The van der Waals surface area contributed by atoms with E-state index in [1.54, 1.807) is 25.1 Å². The van der Waals surface area contributed by atoms with Gasteiger partial charge in [-0.25, -0.2) is 13.5 Å². The number of nitrogens with one attached hydrogen (secondary N) is 1. The molecule has 1 fully saturated rings. The Kier molecular flexibility index (Phi) is 5.54. The van der Waals surface area contributed by atoms with Gasteiger partial charge < -0.3 is 4.74 Å². The van der Waals surface area contributed by atoms with Crippen LogP contribution in [0.15, 0.2) is 33.3 Å². The lowest BCUT2D eigenvalue weighted by molar-refractivity contribution is -0.149.